The highest BCUT2D eigenvalue weighted by Gasteiger charge is 2.25. The zero-order chi connectivity index (χ0) is 21.2. The van der Waals surface area contributed by atoms with E-state index in [1.165, 1.54) is 12.8 Å². The van der Waals surface area contributed by atoms with Gasteiger partial charge in [-0.15, -0.1) is 24.0 Å². The molecule has 7 nitrogen and oxygen atoms in total. The fourth-order valence-electron chi connectivity index (χ4n) is 3.67. The molecule has 1 aliphatic rings. The molecule has 1 saturated heterocycles. The Balaban J connectivity index is 0.00000341. The van der Waals surface area contributed by atoms with Crippen LogP contribution in [-0.4, -0.2) is 69.7 Å². The lowest BCUT2D eigenvalue weighted by Crippen LogP contribution is -2.42. The van der Waals surface area contributed by atoms with Crippen molar-refractivity contribution in [3.8, 4) is 5.75 Å². The lowest BCUT2D eigenvalue weighted by atomic mass is 10.2. The van der Waals surface area contributed by atoms with Crippen LogP contribution < -0.4 is 15.4 Å². The first-order valence-electron chi connectivity index (χ1n) is 10.7. The van der Waals surface area contributed by atoms with Gasteiger partial charge in [-0.25, -0.2) is 0 Å². The molecule has 3 rings (SSSR count). The Kier molecular flexibility index (Phi) is 11.2. The second-order valence-corrected chi connectivity index (χ2v) is 7.84. The van der Waals surface area contributed by atoms with Crippen molar-refractivity contribution in [2.75, 3.05) is 53.9 Å². The third-order valence-corrected chi connectivity index (χ3v) is 5.35. The number of nitrogens with one attached hydrogen (secondary N) is 2. The summed E-state index contributed by atoms with van der Waals surface area (Å²) in [5.41, 5.74) is 1.11. The van der Waals surface area contributed by atoms with Crippen LogP contribution in [0.1, 0.15) is 30.2 Å². The molecule has 0 radical (unpaired) electrons. The van der Waals surface area contributed by atoms with Crippen molar-refractivity contribution in [2.45, 2.75) is 25.4 Å². The van der Waals surface area contributed by atoms with E-state index < -0.39 is 0 Å². The van der Waals surface area contributed by atoms with E-state index in [0.717, 1.165) is 49.2 Å². The number of nitrogens with zero attached hydrogens (tertiary/aromatic N) is 3. The molecule has 1 fully saturated rings. The Bertz CT molecular complexity index is 776. The third-order valence-electron chi connectivity index (χ3n) is 5.35. The quantitative estimate of drug-likeness (QED) is 0.274. The van der Waals surface area contributed by atoms with Gasteiger partial charge in [-0.2, -0.15) is 0 Å². The van der Waals surface area contributed by atoms with Gasteiger partial charge >= 0.3 is 0 Å². The molecule has 0 saturated carbocycles. The molecule has 8 heteroatoms. The summed E-state index contributed by atoms with van der Waals surface area (Å²) in [6, 6.07) is 12.4. The number of hydrogen-bond acceptors (Lipinski definition) is 5. The number of likely N-dealkylation sites (N-methyl/N-ethyl adjacent to an activating group) is 1. The van der Waals surface area contributed by atoms with Crippen LogP contribution >= 0.6 is 24.0 Å². The van der Waals surface area contributed by atoms with E-state index in [0.29, 0.717) is 13.2 Å². The second-order valence-electron chi connectivity index (χ2n) is 7.84. The van der Waals surface area contributed by atoms with E-state index in [2.05, 4.69) is 37.6 Å². The van der Waals surface area contributed by atoms with Gasteiger partial charge in [0.05, 0.1) is 12.3 Å². The number of guanidine groups is 1. The van der Waals surface area contributed by atoms with Gasteiger partial charge in [0.15, 0.2) is 5.96 Å². The maximum Gasteiger partial charge on any atom is 0.191 e. The minimum atomic E-state index is 0. The van der Waals surface area contributed by atoms with Crippen LogP contribution in [0.3, 0.4) is 0 Å². The number of halogens is 1. The summed E-state index contributed by atoms with van der Waals surface area (Å²) < 4.78 is 11.7. The number of para-hydroxylation sites is 1. The van der Waals surface area contributed by atoms with Crippen molar-refractivity contribution in [1.29, 1.82) is 0 Å². The molecule has 1 aromatic carbocycles. The second kappa shape index (κ2) is 13.6. The molecule has 0 bridgehead atoms. The molecule has 1 aliphatic heterocycles. The molecule has 2 N–H and O–H groups in total. The van der Waals surface area contributed by atoms with Crippen LogP contribution in [0.2, 0.25) is 0 Å². The number of aliphatic imine (C=N–C) groups is 1. The Morgan fingerprint density at radius 1 is 1.16 bits per heavy atom. The van der Waals surface area contributed by atoms with Gasteiger partial charge in [-0.1, -0.05) is 18.2 Å². The Hall–Kier alpha value is -1.78. The van der Waals surface area contributed by atoms with Crippen LogP contribution in [-0.2, 0) is 6.54 Å². The van der Waals surface area contributed by atoms with Gasteiger partial charge in [0.25, 0.3) is 0 Å². The summed E-state index contributed by atoms with van der Waals surface area (Å²) >= 11 is 0. The summed E-state index contributed by atoms with van der Waals surface area (Å²) in [6.45, 7) is 5.15. The lowest BCUT2D eigenvalue weighted by Gasteiger charge is -2.26. The Labute approximate surface area is 203 Å². The number of furan rings is 1. The summed E-state index contributed by atoms with van der Waals surface area (Å²) in [6.07, 6.45) is 4.24. The van der Waals surface area contributed by atoms with E-state index in [4.69, 9.17) is 9.15 Å². The van der Waals surface area contributed by atoms with Crippen LogP contribution in [0.4, 0.5) is 0 Å². The number of hydrogen-bond donors (Lipinski definition) is 2. The SMILES string of the molecule is CN=C(NCc1ccccc1OCCN(C)C)NCC(c1ccco1)N1CCCC1.I. The van der Waals surface area contributed by atoms with Crippen molar-refractivity contribution in [3.63, 3.8) is 0 Å². The van der Waals surface area contributed by atoms with E-state index >= 15 is 0 Å². The average molecular weight is 541 g/mol. The predicted molar refractivity (Wildman–Crippen MR) is 136 cm³/mol. The molecule has 1 unspecified atom stereocenters. The monoisotopic (exact) mass is 541 g/mol. The van der Waals surface area contributed by atoms with Crippen molar-refractivity contribution in [3.05, 3.63) is 54.0 Å². The molecule has 31 heavy (non-hydrogen) atoms. The molecule has 2 heterocycles. The van der Waals surface area contributed by atoms with E-state index in [1.54, 1.807) is 13.3 Å². The number of benzene rings is 1. The molecular weight excluding hydrogens is 505 g/mol. The van der Waals surface area contributed by atoms with Crippen molar-refractivity contribution in [1.82, 2.24) is 20.4 Å². The fraction of sp³-hybridized carbons (Fsp3) is 0.522. The highest BCUT2D eigenvalue weighted by Crippen LogP contribution is 2.25. The van der Waals surface area contributed by atoms with Gasteiger partial charge in [-0.3, -0.25) is 9.89 Å². The van der Waals surface area contributed by atoms with Crippen molar-refractivity contribution in [2.24, 2.45) is 4.99 Å². The molecular formula is C23H36IN5O2. The highest BCUT2D eigenvalue weighted by atomic mass is 127. The minimum absolute atomic E-state index is 0. The van der Waals surface area contributed by atoms with Gasteiger partial charge in [-0.05, 0) is 58.2 Å². The first-order chi connectivity index (χ1) is 14.7. The molecule has 1 atom stereocenters. The first-order valence-corrected chi connectivity index (χ1v) is 10.7. The van der Waals surface area contributed by atoms with Gasteiger partial charge < -0.3 is 24.7 Å². The smallest absolute Gasteiger partial charge is 0.191 e. The van der Waals surface area contributed by atoms with Crippen molar-refractivity contribution >= 4 is 29.9 Å². The zero-order valence-electron chi connectivity index (χ0n) is 18.8. The standard InChI is InChI=1S/C23H35N5O2.HI/c1-24-23(25-17-19-9-4-5-10-21(19)30-16-14-27(2)3)26-18-20(22-11-8-15-29-22)28-12-6-7-13-28;/h4-5,8-11,15,20H,6-7,12-14,16-18H2,1-3H3,(H2,24,25,26);1H. The van der Waals surface area contributed by atoms with E-state index in [9.17, 15) is 0 Å². The molecule has 0 amide bonds. The normalized spacial score (nSPS) is 15.5. The fourth-order valence-corrected chi connectivity index (χ4v) is 3.67. The molecule has 0 aliphatic carbocycles. The zero-order valence-corrected chi connectivity index (χ0v) is 21.2. The number of ether oxygens (including phenoxy) is 1. The van der Waals surface area contributed by atoms with Crippen LogP contribution in [0.5, 0.6) is 5.75 Å². The summed E-state index contributed by atoms with van der Waals surface area (Å²) in [5, 5.41) is 6.89. The highest BCUT2D eigenvalue weighted by molar-refractivity contribution is 14.0. The van der Waals surface area contributed by atoms with Crippen LogP contribution in [0.25, 0.3) is 0 Å². The molecule has 2 aromatic rings. The molecule has 172 valence electrons. The van der Waals surface area contributed by atoms with E-state index in [-0.39, 0.29) is 30.0 Å². The average Bonchev–Trinajstić information content (AvgIpc) is 3.46. The Morgan fingerprint density at radius 3 is 2.61 bits per heavy atom. The minimum Gasteiger partial charge on any atom is -0.492 e. The summed E-state index contributed by atoms with van der Waals surface area (Å²) in [7, 11) is 5.89. The summed E-state index contributed by atoms with van der Waals surface area (Å²) in [5.74, 6) is 2.68. The van der Waals surface area contributed by atoms with Crippen LogP contribution in [0.15, 0.2) is 52.1 Å². The maximum atomic E-state index is 5.97. The molecule has 0 spiro atoms. The van der Waals surface area contributed by atoms with Gasteiger partial charge in [0.2, 0.25) is 0 Å². The first kappa shape index (κ1) is 25.5. The van der Waals surface area contributed by atoms with Crippen molar-refractivity contribution < 1.29 is 9.15 Å². The Morgan fingerprint density at radius 2 is 1.94 bits per heavy atom. The third kappa shape index (κ3) is 8.01. The largest absolute Gasteiger partial charge is 0.492 e. The predicted octanol–water partition coefficient (Wildman–Crippen LogP) is 3.34. The maximum absolute atomic E-state index is 5.97. The van der Waals surface area contributed by atoms with Gasteiger partial charge in [0.1, 0.15) is 18.1 Å². The number of rotatable bonds is 10. The van der Waals surface area contributed by atoms with E-state index in [1.807, 2.05) is 38.4 Å². The van der Waals surface area contributed by atoms with Gasteiger partial charge in [0, 0.05) is 32.2 Å². The van der Waals surface area contributed by atoms with Crippen LogP contribution in [0, 0.1) is 0 Å². The lowest BCUT2D eigenvalue weighted by molar-refractivity contribution is 0.215. The molecule has 1 aromatic heterocycles. The number of likely N-dealkylation sites (tertiary alicyclic amines) is 1. The summed E-state index contributed by atoms with van der Waals surface area (Å²) in [4.78, 5) is 8.99. The topological polar surface area (TPSA) is 65.3 Å².